The largest absolute Gasteiger partial charge is 0.386 e. The Morgan fingerprint density at radius 2 is 1.33 bits per heavy atom. The van der Waals surface area contributed by atoms with Gasteiger partial charge in [-0.1, -0.05) is 34.8 Å². The normalized spacial score (nSPS) is 37.2. The monoisotopic (exact) mass is 730 g/mol. The summed E-state index contributed by atoms with van der Waals surface area (Å²) in [6.07, 6.45) is -9.05. The number of alkyl halides is 1. The van der Waals surface area contributed by atoms with Crippen LogP contribution >= 0.6 is 49.8 Å². The first-order valence-corrected chi connectivity index (χ1v) is 18.1. The Labute approximate surface area is 278 Å². The molecule has 0 bridgehead atoms. The fourth-order valence-corrected chi connectivity index (χ4v) is 8.22. The van der Waals surface area contributed by atoms with E-state index in [1.807, 2.05) is 0 Å². The highest BCUT2D eigenvalue weighted by atomic mass is 35.5. The van der Waals surface area contributed by atoms with Gasteiger partial charge < -0.3 is 41.8 Å². The van der Waals surface area contributed by atoms with E-state index in [1.54, 1.807) is 19.1 Å². The van der Waals surface area contributed by atoms with Crippen molar-refractivity contribution in [1.29, 1.82) is 0 Å². The fourth-order valence-electron chi connectivity index (χ4n) is 5.73. The van der Waals surface area contributed by atoms with Crippen LogP contribution in [0.1, 0.15) is 18.0 Å². The predicted octanol–water partition coefficient (Wildman–Crippen LogP) is 5.22. The van der Waals surface area contributed by atoms with Crippen LogP contribution in [0.2, 0.25) is 15.1 Å². The van der Waals surface area contributed by atoms with Gasteiger partial charge in [-0.05, 0) is 36.8 Å². The Hall–Kier alpha value is -1.51. The maximum atomic E-state index is 16.1. The number of aliphatic hydroxyl groups is 1. The van der Waals surface area contributed by atoms with Crippen LogP contribution in [-0.2, 0) is 36.7 Å². The second-order valence-electron chi connectivity index (χ2n) is 11.0. The average molecular weight is 731 g/mol. The summed E-state index contributed by atoms with van der Waals surface area (Å²) in [6.45, 7) is 0.536. The number of aryl methyl sites for hydroxylation is 1. The Morgan fingerprint density at radius 3 is 1.98 bits per heavy atom. The molecule has 2 aromatic carbocycles. The van der Waals surface area contributed by atoms with Crippen LogP contribution in [0.4, 0.5) is 4.39 Å². The van der Waals surface area contributed by atoms with E-state index >= 15 is 4.39 Å². The summed E-state index contributed by atoms with van der Waals surface area (Å²) in [7, 11) is 2.81. The molecule has 13 nitrogen and oxygen atoms in total. The molecular weight excluding hydrogens is 709 g/mol. The lowest BCUT2D eigenvalue weighted by Crippen LogP contribution is -2.38. The zero-order chi connectivity index (χ0) is 32.7. The number of imidazole rings is 2. The fraction of sp³-hybridized carbons (Fsp3) is 0.440. The number of aliphatic hydroxyl groups excluding tert-OH is 1. The number of benzene rings is 2. The van der Waals surface area contributed by atoms with E-state index in [9.17, 15) is 14.2 Å². The quantitative estimate of drug-likeness (QED) is 0.214. The smallest absolute Gasteiger partial charge is 0.264 e. The summed E-state index contributed by atoms with van der Waals surface area (Å²) in [6, 6.07) is 6.37. The minimum Gasteiger partial charge on any atom is -0.386 e. The van der Waals surface area contributed by atoms with Gasteiger partial charge in [0.15, 0.2) is 18.6 Å². The summed E-state index contributed by atoms with van der Waals surface area (Å²) in [4.78, 5) is 8.52. The molecule has 4 unspecified atom stereocenters. The van der Waals surface area contributed by atoms with Crippen molar-refractivity contribution in [2.75, 3.05) is 13.2 Å². The van der Waals surface area contributed by atoms with Crippen molar-refractivity contribution in [3.8, 4) is 0 Å². The van der Waals surface area contributed by atoms with Gasteiger partial charge in [0.2, 0.25) is 15.1 Å². The minimum atomic E-state index is -4.53. The molecule has 3 saturated heterocycles. The molecular formula is C25H22B2Cl3FN4O9P2. The highest BCUT2D eigenvalue weighted by Gasteiger charge is 2.53. The van der Waals surface area contributed by atoms with E-state index in [-0.39, 0.29) is 10.0 Å². The molecule has 3 fully saturated rings. The van der Waals surface area contributed by atoms with Crippen LogP contribution in [-0.4, -0.2) is 89.2 Å². The first kappa shape index (κ1) is 33.0. The molecule has 21 heteroatoms. The second kappa shape index (κ2) is 12.1. The number of fused-ring (bicyclic) bond motifs is 4. The van der Waals surface area contributed by atoms with Gasteiger partial charge in [-0.25, -0.2) is 14.4 Å². The van der Waals surface area contributed by atoms with Gasteiger partial charge in [0.05, 0.1) is 58.0 Å². The number of hydrogen-bond acceptors (Lipinski definition) is 11. The molecule has 0 amide bonds. The van der Waals surface area contributed by atoms with Gasteiger partial charge in [0.25, 0.3) is 14.9 Å². The third-order valence-corrected chi connectivity index (χ3v) is 11.2. The summed E-state index contributed by atoms with van der Waals surface area (Å²) >= 11 is 18.5. The van der Waals surface area contributed by atoms with Crippen LogP contribution in [0.3, 0.4) is 0 Å². The van der Waals surface area contributed by atoms with Gasteiger partial charge in [-0.3, -0.25) is 9.13 Å². The molecule has 3 aliphatic rings. The first-order chi connectivity index (χ1) is 21.7. The molecule has 240 valence electrons. The van der Waals surface area contributed by atoms with Crippen LogP contribution in [0.15, 0.2) is 36.9 Å². The Morgan fingerprint density at radius 1 is 0.826 bits per heavy atom. The Balaban J connectivity index is 1.16. The molecule has 0 aliphatic carbocycles. The number of rotatable bonds is 2. The molecule has 3 aliphatic heterocycles. The molecule has 4 radical (unpaired) electrons. The molecule has 0 spiro atoms. The zero-order valence-corrected chi connectivity index (χ0v) is 27.6. The zero-order valence-electron chi connectivity index (χ0n) is 23.6. The van der Waals surface area contributed by atoms with Gasteiger partial charge in [0.1, 0.15) is 30.5 Å². The van der Waals surface area contributed by atoms with Gasteiger partial charge >= 0.3 is 0 Å². The lowest BCUT2D eigenvalue weighted by atomic mass is 10.1. The van der Waals surface area contributed by atoms with E-state index in [2.05, 4.69) is 9.97 Å². The van der Waals surface area contributed by atoms with Gasteiger partial charge in [0, 0.05) is 5.02 Å². The second-order valence-corrected chi connectivity index (χ2v) is 15.3. The molecule has 10 atom stereocenters. The predicted molar refractivity (Wildman–Crippen MR) is 166 cm³/mol. The number of nitrogens with zero attached hydrogens (tertiary/aromatic N) is 4. The SMILES string of the molecule is [B]P1(=O)OC[C@H]2O[C@@H](n3cnc4cc(Cl)c(Cl)cc43)C(F)[C@H]2OP([B])(=O)OC[C@H]2O[C@@H](n3cnc4cc(Cl)c(C)cc43)[C@@H](O)C2O1. The molecule has 0 saturated carbocycles. The Kier molecular flexibility index (Phi) is 8.70. The standard InChI is InChI=1S/C25H22B2Cl3FN4O9P2/c1-10-2-16-14(3-11(10)28)33-9-35(16)25-21(36)23-19(42-25)7-40-45(26,37)43-22-18(6-39-46(27,38)44-23)41-24(20(22)31)34-8-32-15-4-12(29)13(30)5-17(15)34/h2-5,8-9,18-25,36H,6-7H2,1H3/t18-,19-,20?,21+,22+,23?,24-,25-,45?,46?/m1/s1. The molecule has 1 N–H and O–H groups in total. The summed E-state index contributed by atoms with van der Waals surface area (Å²) in [5.41, 5.74) is 2.59. The van der Waals surface area contributed by atoms with E-state index in [0.29, 0.717) is 27.1 Å². The number of aromatic nitrogens is 4. The third kappa shape index (κ3) is 5.99. The van der Waals surface area contributed by atoms with E-state index in [0.717, 1.165) is 5.56 Å². The summed E-state index contributed by atoms with van der Waals surface area (Å²) in [5, 5.41) is 12.2. The third-order valence-electron chi connectivity index (χ3n) is 7.97. The van der Waals surface area contributed by atoms with Crippen molar-refractivity contribution < 1.29 is 46.2 Å². The summed E-state index contributed by atoms with van der Waals surface area (Å²) in [5.74, 6) is 0. The minimum absolute atomic E-state index is 0.189. The van der Waals surface area contributed by atoms with Crippen molar-refractivity contribution in [3.05, 3.63) is 57.6 Å². The highest BCUT2D eigenvalue weighted by Crippen LogP contribution is 2.54. The van der Waals surface area contributed by atoms with Crippen molar-refractivity contribution in [2.24, 2.45) is 0 Å². The maximum Gasteiger partial charge on any atom is 0.264 e. The van der Waals surface area contributed by atoms with Crippen molar-refractivity contribution in [1.82, 2.24) is 19.1 Å². The molecule has 7 rings (SSSR count). The van der Waals surface area contributed by atoms with Crippen molar-refractivity contribution in [2.45, 2.75) is 56.1 Å². The van der Waals surface area contributed by atoms with Crippen molar-refractivity contribution >= 4 is 86.9 Å². The van der Waals surface area contributed by atoms with Crippen LogP contribution in [0.25, 0.3) is 22.1 Å². The highest BCUT2D eigenvalue weighted by molar-refractivity contribution is 7.79. The number of ether oxygens (including phenoxy) is 2. The lowest BCUT2D eigenvalue weighted by molar-refractivity contribution is -0.0556. The number of hydrogen-bond donors (Lipinski definition) is 1. The molecule has 46 heavy (non-hydrogen) atoms. The molecule has 2 aromatic heterocycles. The molecule has 5 heterocycles. The van der Waals surface area contributed by atoms with Gasteiger partial charge in [-0.2, -0.15) is 0 Å². The van der Waals surface area contributed by atoms with Crippen LogP contribution in [0.5, 0.6) is 0 Å². The van der Waals surface area contributed by atoms with Crippen molar-refractivity contribution in [3.63, 3.8) is 0 Å². The molecule has 4 aromatic rings. The van der Waals surface area contributed by atoms with E-state index < -0.39 is 77.3 Å². The topological polar surface area (TPSA) is 145 Å². The van der Waals surface area contributed by atoms with Gasteiger partial charge in [-0.15, -0.1) is 0 Å². The lowest BCUT2D eigenvalue weighted by Gasteiger charge is -2.30. The first-order valence-electron chi connectivity index (χ1n) is 13.7. The van der Waals surface area contributed by atoms with E-state index in [1.165, 1.54) is 33.9 Å². The summed E-state index contributed by atoms with van der Waals surface area (Å²) < 4.78 is 79.5. The Bertz CT molecular complexity index is 1800. The van der Waals surface area contributed by atoms with E-state index in [4.69, 9.17) is 77.5 Å². The maximum absolute atomic E-state index is 16.1. The van der Waals surface area contributed by atoms with Crippen LogP contribution in [0, 0.1) is 6.92 Å². The average Bonchev–Trinajstić information content (AvgIpc) is 3.72. The van der Waals surface area contributed by atoms with Crippen LogP contribution < -0.4 is 0 Å². The number of halogens is 4.